The summed E-state index contributed by atoms with van der Waals surface area (Å²) < 4.78 is 4.85. The summed E-state index contributed by atoms with van der Waals surface area (Å²) in [7, 11) is 0. The van der Waals surface area contributed by atoms with E-state index in [-0.39, 0.29) is 30.7 Å². The summed E-state index contributed by atoms with van der Waals surface area (Å²) in [6.07, 6.45) is 1.25. The lowest BCUT2D eigenvalue weighted by Crippen LogP contribution is -2.34. The number of aryl methyl sites for hydroxylation is 2. The summed E-state index contributed by atoms with van der Waals surface area (Å²) in [6, 6.07) is 5.71. The van der Waals surface area contributed by atoms with Crippen LogP contribution < -0.4 is 5.32 Å². The Kier molecular flexibility index (Phi) is 6.03. The second-order valence-electron chi connectivity index (χ2n) is 5.37. The van der Waals surface area contributed by atoms with Crippen molar-refractivity contribution in [2.75, 3.05) is 24.2 Å². The Labute approximate surface area is 145 Å². The molecule has 0 radical (unpaired) electrons. The van der Waals surface area contributed by atoms with Gasteiger partial charge in [-0.2, -0.15) is 0 Å². The smallest absolute Gasteiger partial charge is 0.333 e. The minimum Gasteiger partial charge on any atom is -0.463 e. The molecule has 0 aromatic heterocycles. The number of carbonyl (C=O) groups is 3. The van der Waals surface area contributed by atoms with Crippen LogP contribution in [0.3, 0.4) is 0 Å². The van der Waals surface area contributed by atoms with Crippen molar-refractivity contribution in [2.24, 2.45) is 0 Å². The molecule has 0 bridgehead atoms. The maximum Gasteiger partial charge on any atom is 0.333 e. The van der Waals surface area contributed by atoms with Gasteiger partial charge in [-0.05, 0) is 32.4 Å². The zero-order valence-electron chi connectivity index (χ0n) is 13.9. The van der Waals surface area contributed by atoms with Crippen LogP contribution in [0.5, 0.6) is 0 Å². The lowest BCUT2D eigenvalue weighted by molar-refractivity contribution is -0.137. The van der Waals surface area contributed by atoms with E-state index in [0.29, 0.717) is 10.7 Å². The summed E-state index contributed by atoms with van der Waals surface area (Å²) in [5.74, 6) is -0.824. The first-order valence-corrected chi connectivity index (χ1v) is 8.58. The predicted molar refractivity (Wildman–Crippen MR) is 93.4 cm³/mol. The number of benzene rings is 1. The van der Waals surface area contributed by atoms with E-state index in [0.717, 1.165) is 11.1 Å². The molecule has 0 spiro atoms. The largest absolute Gasteiger partial charge is 0.463 e. The molecule has 1 fully saturated rings. The maximum atomic E-state index is 12.3. The average molecular weight is 348 g/mol. The van der Waals surface area contributed by atoms with Gasteiger partial charge in [-0.3, -0.25) is 14.5 Å². The molecule has 1 aliphatic heterocycles. The van der Waals surface area contributed by atoms with E-state index in [1.807, 2.05) is 32.0 Å². The molecule has 1 aromatic rings. The van der Waals surface area contributed by atoms with Gasteiger partial charge in [0.2, 0.25) is 11.8 Å². The Morgan fingerprint density at radius 3 is 2.79 bits per heavy atom. The molecule has 1 aliphatic rings. The first-order valence-electron chi connectivity index (χ1n) is 7.59. The fraction of sp³-hybridized carbons (Fsp3) is 0.353. The lowest BCUT2D eigenvalue weighted by Gasteiger charge is -2.17. The number of hydrogen-bond acceptors (Lipinski definition) is 5. The van der Waals surface area contributed by atoms with E-state index in [1.54, 1.807) is 6.92 Å². The van der Waals surface area contributed by atoms with Gasteiger partial charge in [0.1, 0.15) is 6.54 Å². The molecule has 0 aliphatic carbocycles. The number of anilines is 1. The first kappa shape index (κ1) is 18.1. The monoisotopic (exact) mass is 348 g/mol. The standard InChI is InChI=1S/C17H20N2O4S/c1-4-23-17(22)8-16-19(15(21)10-24-16)9-14(20)18-13-6-5-11(2)7-12(13)3/h5-8H,4,9-10H2,1-3H3,(H,18,20). The lowest BCUT2D eigenvalue weighted by atomic mass is 10.1. The molecule has 7 heteroatoms. The molecule has 128 valence electrons. The van der Waals surface area contributed by atoms with Gasteiger partial charge in [0.15, 0.2) is 0 Å². The number of amides is 2. The van der Waals surface area contributed by atoms with Gasteiger partial charge in [0.25, 0.3) is 0 Å². The van der Waals surface area contributed by atoms with Crippen molar-refractivity contribution >= 4 is 35.2 Å². The minimum atomic E-state index is -0.519. The molecular formula is C17H20N2O4S. The van der Waals surface area contributed by atoms with Crippen molar-refractivity contribution in [1.29, 1.82) is 0 Å². The Morgan fingerprint density at radius 2 is 2.12 bits per heavy atom. The van der Waals surface area contributed by atoms with Crippen LogP contribution in [0.2, 0.25) is 0 Å². The van der Waals surface area contributed by atoms with Crippen LogP contribution in [0.25, 0.3) is 0 Å². The molecule has 0 unspecified atom stereocenters. The molecule has 0 atom stereocenters. The van der Waals surface area contributed by atoms with Gasteiger partial charge in [-0.15, -0.1) is 0 Å². The van der Waals surface area contributed by atoms with E-state index in [2.05, 4.69) is 5.32 Å². The topological polar surface area (TPSA) is 75.7 Å². The van der Waals surface area contributed by atoms with Crippen LogP contribution in [-0.2, 0) is 19.1 Å². The molecule has 1 aromatic carbocycles. The number of hydrogen-bond donors (Lipinski definition) is 1. The average Bonchev–Trinajstić information content (AvgIpc) is 2.83. The third-order valence-corrected chi connectivity index (χ3v) is 4.42. The first-order chi connectivity index (χ1) is 11.4. The summed E-state index contributed by atoms with van der Waals surface area (Å²) in [5, 5.41) is 3.24. The zero-order chi connectivity index (χ0) is 17.7. The summed E-state index contributed by atoms with van der Waals surface area (Å²) in [6.45, 7) is 5.72. The van der Waals surface area contributed by atoms with Gasteiger partial charge in [0, 0.05) is 5.69 Å². The summed E-state index contributed by atoms with van der Waals surface area (Å²) in [5.41, 5.74) is 2.77. The van der Waals surface area contributed by atoms with Crippen LogP contribution >= 0.6 is 11.8 Å². The fourth-order valence-corrected chi connectivity index (χ4v) is 3.20. The van der Waals surface area contributed by atoms with Crippen LogP contribution in [0.1, 0.15) is 18.1 Å². The third kappa shape index (κ3) is 4.61. The summed E-state index contributed by atoms with van der Waals surface area (Å²) >= 11 is 1.22. The van der Waals surface area contributed by atoms with E-state index in [4.69, 9.17) is 4.74 Å². The van der Waals surface area contributed by atoms with Gasteiger partial charge >= 0.3 is 5.97 Å². The fourth-order valence-electron chi connectivity index (χ4n) is 2.27. The van der Waals surface area contributed by atoms with Gasteiger partial charge in [0.05, 0.1) is 23.5 Å². The highest BCUT2D eigenvalue weighted by molar-refractivity contribution is 8.04. The van der Waals surface area contributed by atoms with Crippen molar-refractivity contribution in [3.05, 3.63) is 40.4 Å². The Morgan fingerprint density at radius 1 is 1.38 bits per heavy atom. The minimum absolute atomic E-state index is 0.135. The highest BCUT2D eigenvalue weighted by atomic mass is 32.2. The van der Waals surface area contributed by atoms with E-state index >= 15 is 0 Å². The molecule has 0 saturated carbocycles. The highest BCUT2D eigenvalue weighted by Crippen LogP contribution is 2.28. The molecule has 24 heavy (non-hydrogen) atoms. The number of esters is 1. The second kappa shape index (κ2) is 8.01. The van der Waals surface area contributed by atoms with Crippen LogP contribution in [0.15, 0.2) is 29.3 Å². The van der Waals surface area contributed by atoms with Crippen molar-refractivity contribution in [1.82, 2.24) is 4.90 Å². The number of rotatable bonds is 5. The van der Waals surface area contributed by atoms with Crippen molar-refractivity contribution < 1.29 is 19.1 Å². The van der Waals surface area contributed by atoms with Crippen molar-refractivity contribution in [3.63, 3.8) is 0 Å². The Balaban J connectivity index is 2.05. The van der Waals surface area contributed by atoms with E-state index in [1.165, 1.54) is 22.7 Å². The SMILES string of the molecule is CCOC(=O)C=C1SCC(=O)N1CC(=O)Nc1ccc(C)cc1C. The maximum absolute atomic E-state index is 12.3. The number of carbonyl (C=O) groups excluding carboxylic acids is 3. The zero-order valence-corrected chi connectivity index (χ0v) is 14.7. The van der Waals surface area contributed by atoms with Crippen LogP contribution in [-0.4, -0.2) is 41.6 Å². The van der Waals surface area contributed by atoms with E-state index in [9.17, 15) is 14.4 Å². The second-order valence-corrected chi connectivity index (χ2v) is 6.37. The van der Waals surface area contributed by atoms with Gasteiger partial charge < -0.3 is 10.1 Å². The molecule has 1 heterocycles. The quantitative estimate of drug-likeness (QED) is 0.652. The molecule has 2 rings (SSSR count). The third-order valence-electron chi connectivity index (χ3n) is 3.40. The number of nitrogens with one attached hydrogen (secondary N) is 1. The number of ether oxygens (including phenoxy) is 1. The molecule has 2 amide bonds. The Hall–Kier alpha value is -2.28. The molecule has 1 N–H and O–H groups in total. The van der Waals surface area contributed by atoms with Gasteiger partial charge in [-0.25, -0.2) is 4.79 Å². The molecular weight excluding hydrogens is 328 g/mol. The predicted octanol–water partition coefficient (Wildman–Crippen LogP) is 2.22. The number of thioether (sulfide) groups is 1. The Bertz CT molecular complexity index is 700. The molecule has 6 nitrogen and oxygen atoms in total. The summed E-state index contributed by atoms with van der Waals surface area (Å²) in [4.78, 5) is 37.1. The number of nitrogens with zero attached hydrogens (tertiary/aromatic N) is 1. The van der Waals surface area contributed by atoms with Crippen LogP contribution in [0, 0.1) is 13.8 Å². The van der Waals surface area contributed by atoms with Crippen molar-refractivity contribution in [3.8, 4) is 0 Å². The molecule has 1 saturated heterocycles. The highest BCUT2D eigenvalue weighted by Gasteiger charge is 2.29. The van der Waals surface area contributed by atoms with Crippen molar-refractivity contribution in [2.45, 2.75) is 20.8 Å². The normalized spacial score (nSPS) is 15.7. The van der Waals surface area contributed by atoms with E-state index < -0.39 is 5.97 Å². The van der Waals surface area contributed by atoms with Crippen LogP contribution in [0.4, 0.5) is 5.69 Å². The van der Waals surface area contributed by atoms with Gasteiger partial charge in [-0.1, -0.05) is 29.5 Å².